The number of hydrogen-bond acceptors (Lipinski definition) is 3. The second kappa shape index (κ2) is 5.08. The van der Waals surface area contributed by atoms with Gasteiger partial charge in [0.05, 0.1) is 18.8 Å². The molecular weight excluding hydrogens is 250 g/mol. The molecule has 18 heavy (non-hydrogen) atoms. The molecule has 2 unspecified atom stereocenters. The number of nitrogens with two attached hydrogens (primary N) is 1. The van der Waals surface area contributed by atoms with Crippen molar-refractivity contribution < 1.29 is 9.47 Å². The van der Waals surface area contributed by atoms with Crippen molar-refractivity contribution in [1.82, 2.24) is 0 Å². The molecule has 0 radical (unpaired) electrons. The van der Waals surface area contributed by atoms with Crippen molar-refractivity contribution >= 4 is 11.6 Å². The van der Waals surface area contributed by atoms with Crippen molar-refractivity contribution in [2.45, 2.75) is 37.8 Å². The van der Waals surface area contributed by atoms with E-state index in [-0.39, 0.29) is 12.1 Å². The van der Waals surface area contributed by atoms with E-state index in [2.05, 4.69) is 0 Å². The highest BCUT2D eigenvalue weighted by molar-refractivity contribution is 6.30. The van der Waals surface area contributed by atoms with Crippen molar-refractivity contribution in [3.05, 3.63) is 28.3 Å². The van der Waals surface area contributed by atoms with Crippen LogP contribution in [-0.4, -0.2) is 19.3 Å². The summed E-state index contributed by atoms with van der Waals surface area (Å²) in [5.74, 6) is 0.932. The molecule has 0 saturated carbocycles. The van der Waals surface area contributed by atoms with Crippen LogP contribution in [0.25, 0.3) is 0 Å². The zero-order valence-electron chi connectivity index (χ0n) is 10.3. The number of benzene rings is 1. The third-order valence-electron chi connectivity index (χ3n) is 3.75. The Morgan fingerprint density at radius 3 is 2.94 bits per heavy atom. The summed E-state index contributed by atoms with van der Waals surface area (Å²) in [4.78, 5) is 0. The van der Waals surface area contributed by atoms with Gasteiger partial charge in [0, 0.05) is 23.6 Å². The first-order chi connectivity index (χ1) is 8.75. The van der Waals surface area contributed by atoms with Crippen molar-refractivity contribution in [3.8, 4) is 5.75 Å². The number of halogens is 1. The van der Waals surface area contributed by atoms with Crippen LogP contribution in [0.1, 0.15) is 36.4 Å². The molecular formula is C14H18ClNO2. The van der Waals surface area contributed by atoms with E-state index in [0.29, 0.717) is 0 Å². The molecule has 1 fully saturated rings. The number of ether oxygens (including phenoxy) is 2. The van der Waals surface area contributed by atoms with Crippen LogP contribution in [0.4, 0.5) is 0 Å². The molecule has 1 aromatic carbocycles. The molecule has 2 atom stereocenters. The molecule has 0 spiro atoms. The average molecular weight is 268 g/mol. The van der Waals surface area contributed by atoms with E-state index in [9.17, 15) is 0 Å². The Hall–Kier alpha value is -0.770. The maximum absolute atomic E-state index is 6.35. The largest absolute Gasteiger partial charge is 0.493 e. The summed E-state index contributed by atoms with van der Waals surface area (Å²) < 4.78 is 11.5. The molecule has 0 aliphatic carbocycles. The van der Waals surface area contributed by atoms with Gasteiger partial charge in [-0.25, -0.2) is 0 Å². The Labute approximate surface area is 112 Å². The lowest BCUT2D eigenvalue weighted by Gasteiger charge is -2.29. The topological polar surface area (TPSA) is 44.5 Å². The van der Waals surface area contributed by atoms with Crippen LogP contribution in [0.3, 0.4) is 0 Å². The van der Waals surface area contributed by atoms with E-state index in [1.165, 1.54) is 12.0 Å². The molecule has 2 heterocycles. The summed E-state index contributed by atoms with van der Waals surface area (Å²) in [5, 5.41) is 0.737. The zero-order valence-corrected chi connectivity index (χ0v) is 11.1. The molecule has 0 aromatic heterocycles. The van der Waals surface area contributed by atoms with E-state index >= 15 is 0 Å². The van der Waals surface area contributed by atoms with Gasteiger partial charge in [0.2, 0.25) is 0 Å². The second-order valence-corrected chi connectivity index (χ2v) is 5.45. The molecule has 3 nitrogen and oxygen atoms in total. The first-order valence-corrected chi connectivity index (χ1v) is 6.96. The highest BCUT2D eigenvalue weighted by atomic mass is 35.5. The smallest absolute Gasteiger partial charge is 0.127 e. The fourth-order valence-corrected chi connectivity index (χ4v) is 3.04. The molecule has 98 valence electrons. The summed E-state index contributed by atoms with van der Waals surface area (Å²) in [6.07, 6.45) is 4.34. The number of hydrogen-bond donors (Lipinski definition) is 1. The van der Waals surface area contributed by atoms with Crippen LogP contribution >= 0.6 is 11.6 Å². The highest BCUT2D eigenvalue weighted by Gasteiger charge is 2.28. The van der Waals surface area contributed by atoms with Crippen LogP contribution in [0, 0.1) is 0 Å². The molecule has 3 rings (SSSR count). The van der Waals surface area contributed by atoms with Crippen molar-refractivity contribution in [3.63, 3.8) is 0 Å². The Morgan fingerprint density at radius 2 is 2.17 bits per heavy atom. The lowest BCUT2D eigenvalue weighted by atomic mass is 9.94. The van der Waals surface area contributed by atoms with Gasteiger partial charge in [-0.1, -0.05) is 11.6 Å². The van der Waals surface area contributed by atoms with Gasteiger partial charge in [-0.15, -0.1) is 0 Å². The summed E-state index contributed by atoms with van der Waals surface area (Å²) >= 11 is 6.16. The van der Waals surface area contributed by atoms with E-state index in [1.807, 2.05) is 12.1 Å². The number of rotatable bonds is 2. The van der Waals surface area contributed by atoms with Gasteiger partial charge in [-0.2, -0.15) is 0 Å². The van der Waals surface area contributed by atoms with Gasteiger partial charge in [0.25, 0.3) is 0 Å². The fraction of sp³-hybridized carbons (Fsp3) is 0.571. The van der Waals surface area contributed by atoms with Crippen LogP contribution in [-0.2, 0) is 11.2 Å². The number of fused-ring (bicyclic) bond motifs is 1. The van der Waals surface area contributed by atoms with E-state index < -0.39 is 0 Å². The maximum atomic E-state index is 6.35. The third kappa shape index (κ3) is 2.22. The predicted molar refractivity (Wildman–Crippen MR) is 71.2 cm³/mol. The molecule has 0 bridgehead atoms. The highest BCUT2D eigenvalue weighted by Crippen LogP contribution is 2.38. The standard InChI is InChI=1S/C14H18ClNO2/c15-10-7-9-4-6-18-14(9)11(8-10)13(16)12-3-1-2-5-17-12/h7-8,12-13H,1-6,16H2. The maximum Gasteiger partial charge on any atom is 0.127 e. The fourth-order valence-electron chi connectivity index (χ4n) is 2.79. The molecule has 1 aromatic rings. The van der Waals surface area contributed by atoms with Gasteiger partial charge < -0.3 is 15.2 Å². The summed E-state index contributed by atoms with van der Waals surface area (Å²) in [6.45, 7) is 1.53. The molecule has 0 amide bonds. The molecule has 2 aliphatic rings. The molecule has 2 N–H and O–H groups in total. The lowest BCUT2D eigenvalue weighted by molar-refractivity contribution is -0.000390. The summed E-state index contributed by atoms with van der Waals surface area (Å²) in [7, 11) is 0. The third-order valence-corrected chi connectivity index (χ3v) is 3.97. The summed E-state index contributed by atoms with van der Waals surface area (Å²) in [5.41, 5.74) is 8.52. The van der Waals surface area contributed by atoms with E-state index in [0.717, 1.165) is 48.8 Å². The Kier molecular flexibility index (Phi) is 3.46. The lowest BCUT2D eigenvalue weighted by Crippen LogP contribution is -2.32. The van der Waals surface area contributed by atoms with Crippen LogP contribution in [0.2, 0.25) is 5.02 Å². The SMILES string of the molecule is NC(c1cc(Cl)cc2c1OCC2)C1CCCCO1. The Morgan fingerprint density at radius 1 is 1.28 bits per heavy atom. The predicted octanol–water partition coefficient (Wildman–Crippen LogP) is 2.84. The first kappa shape index (κ1) is 12.3. The Balaban J connectivity index is 1.91. The minimum atomic E-state index is -0.143. The van der Waals surface area contributed by atoms with Crippen molar-refractivity contribution in [2.75, 3.05) is 13.2 Å². The van der Waals surface area contributed by atoms with E-state index in [1.54, 1.807) is 0 Å². The van der Waals surface area contributed by atoms with Crippen molar-refractivity contribution in [2.24, 2.45) is 5.73 Å². The van der Waals surface area contributed by atoms with Crippen LogP contribution in [0.5, 0.6) is 5.75 Å². The van der Waals surface area contributed by atoms with Gasteiger partial charge in [-0.05, 0) is 37.0 Å². The van der Waals surface area contributed by atoms with E-state index in [4.69, 9.17) is 26.8 Å². The zero-order chi connectivity index (χ0) is 12.5. The Bertz CT molecular complexity index is 444. The van der Waals surface area contributed by atoms with Crippen LogP contribution < -0.4 is 10.5 Å². The monoisotopic (exact) mass is 267 g/mol. The van der Waals surface area contributed by atoms with Gasteiger partial charge >= 0.3 is 0 Å². The minimum Gasteiger partial charge on any atom is -0.493 e. The molecule has 2 aliphatic heterocycles. The van der Waals surface area contributed by atoms with Crippen LogP contribution in [0.15, 0.2) is 12.1 Å². The second-order valence-electron chi connectivity index (χ2n) is 5.01. The van der Waals surface area contributed by atoms with Gasteiger partial charge in [0.1, 0.15) is 5.75 Å². The van der Waals surface area contributed by atoms with Gasteiger partial charge in [-0.3, -0.25) is 0 Å². The first-order valence-electron chi connectivity index (χ1n) is 6.58. The molecule has 4 heteroatoms. The van der Waals surface area contributed by atoms with Gasteiger partial charge in [0.15, 0.2) is 0 Å². The quantitative estimate of drug-likeness (QED) is 0.896. The van der Waals surface area contributed by atoms with Crippen molar-refractivity contribution in [1.29, 1.82) is 0 Å². The average Bonchev–Trinajstić information content (AvgIpc) is 2.86. The summed E-state index contributed by atoms with van der Waals surface area (Å²) in [6, 6.07) is 3.76. The molecule has 1 saturated heterocycles. The normalized spacial score (nSPS) is 24.4. The minimum absolute atomic E-state index is 0.0884.